The van der Waals surface area contributed by atoms with Gasteiger partial charge in [-0.2, -0.15) is 0 Å². The van der Waals surface area contributed by atoms with Gasteiger partial charge in [0.2, 0.25) is 0 Å². The lowest BCUT2D eigenvalue weighted by Gasteiger charge is -2.30. The minimum atomic E-state index is -0.296. The Hall–Kier alpha value is -1.42. The molecule has 0 radical (unpaired) electrons. The third-order valence-corrected chi connectivity index (χ3v) is 4.80. The summed E-state index contributed by atoms with van der Waals surface area (Å²) in [5.41, 5.74) is 1.93. The van der Waals surface area contributed by atoms with Gasteiger partial charge in [-0.3, -0.25) is 10.1 Å². The standard InChI is InChI=1S/C17H26N2O2/c1-12-9-10-16(11-17(12)19(20)21)14(3)18-13(2)15-7-5-4-6-8-15/h9-11,13-15,18H,4-8H2,1-3H3. The molecule has 0 bridgehead atoms. The number of nitrogens with zero attached hydrogens (tertiary/aromatic N) is 1. The number of hydrogen-bond donors (Lipinski definition) is 1. The summed E-state index contributed by atoms with van der Waals surface area (Å²) in [5, 5.41) is 14.7. The Morgan fingerprint density at radius 3 is 2.52 bits per heavy atom. The summed E-state index contributed by atoms with van der Waals surface area (Å²) in [6, 6.07) is 6.15. The molecule has 21 heavy (non-hydrogen) atoms. The molecule has 0 spiro atoms. The number of hydrogen-bond acceptors (Lipinski definition) is 3. The Morgan fingerprint density at radius 1 is 1.24 bits per heavy atom. The highest BCUT2D eigenvalue weighted by Gasteiger charge is 2.22. The van der Waals surface area contributed by atoms with Crippen LogP contribution in [0.15, 0.2) is 18.2 Å². The predicted octanol–water partition coefficient (Wildman–Crippen LogP) is 4.52. The van der Waals surface area contributed by atoms with Crippen LogP contribution >= 0.6 is 0 Å². The van der Waals surface area contributed by atoms with Crippen LogP contribution in [0.2, 0.25) is 0 Å². The van der Waals surface area contributed by atoms with Crippen molar-refractivity contribution in [1.82, 2.24) is 5.32 Å². The van der Waals surface area contributed by atoms with Gasteiger partial charge in [-0.25, -0.2) is 0 Å². The van der Waals surface area contributed by atoms with Gasteiger partial charge in [-0.15, -0.1) is 0 Å². The van der Waals surface area contributed by atoms with Gasteiger partial charge in [0.05, 0.1) is 4.92 Å². The Kier molecular flexibility index (Phi) is 5.34. The lowest BCUT2D eigenvalue weighted by molar-refractivity contribution is -0.385. The number of nitro benzene ring substituents is 1. The largest absolute Gasteiger partial charge is 0.307 e. The molecule has 0 heterocycles. The molecule has 0 saturated heterocycles. The fourth-order valence-electron chi connectivity index (χ4n) is 3.35. The first kappa shape index (κ1) is 16.0. The van der Waals surface area contributed by atoms with Crippen molar-refractivity contribution < 1.29 is 4.92 Å². The van der Waals surface area contributed by atoms with Gasteiger partial charge in [0.1, 0.15) is 0 Å². The average molecular weight is 290 g/mol. The molecule has 116 valence electrons. The summed E-state index contributed by atoms with van der Waals surface area (Å²) in [4.78, 5) is 10.8. The van der Waals surface area contributed by atoms with Gasteiger partial charge in [0, 0.05) is 23.7 Å². The number of aryl methyl sites for hydroxylation is 1. The Morgan fingerprint density at radius 2 is 1.90 bits per heavy atom. The number of nitrogens with one attached hydrogen (secondary N) is 1. The van der Waals surface area contributed by atoms with E-state index in [9.17, 15) is 10.1 Å². The first-order valence-electron chi connectivity index (χ1n) is 8.00. The minimum Gasteiger partial charge on any atom is -0.307 e. The highest BCUT2D eigenvalue weighted by atomic mass is 16.6. The van der Waals surface area contributed by atoms with E-state index >= 15 is 0 Å². The van der Waals surface area contributed by atoms with Crippen LogP contribution in [0.3, 0.4) is 0 Å². The number of nitro groups is 1. The summed E-state index contributed by atoms with van der Waals surface area (Å²) in [6.45, 7) is 6.12. The van der Waals surface area contributed by atoms with Gasteiger partial charge in [0.25, 0.3) is 5.69 Å². The Bertz CT molecular complexity index is 496. The van der Waals surface area contributed by atoms with E-state index in [1.54, 1.807) is 13.0 Å². The van der Waals surface area contributed by atoms with Crippen LogP contribution in [0, 0.1) is 23.0 Å². The monoisotopic (exact) mass is 290 g/mol. The van der Waals surface area contributed by atoms with Crippen molar-refractivity contribution in [2.45, 2.75) is 65.0 Å². The maximum atomic E-state index is 11.1. The van der Waals surface area contributed by atoms with Crippen LogP contribution in [0.1, 0.15) is 63.1 Å². The highest BCUT2D eigenvalue weighted by Crippen LogP contribution is 2.28. The summed E-state index contributed by atoms with van der Waals surface area (Å²) in [6.07, 6.45) is 6.63. The van der Waals surface area contributed by atoms with Crippen LogP contribution in [0.25, 0.3) is 0 Å². The van der Waals surface area contributed by atoms with E-state index in [0.717, 1.165) is 17.0 Å². The molecule has 2 rings (SSSR count). The molecule has 1 aliphatic carbocycles. The predicted molar refractivity (Wildman–Crippen MR) is 85.4 cm³/mol. The highest BCUT2D eigenvalue weighted by molar-refractivity contribution is 5.43. The molecule has 1 aliphatic rings. The van der Waals surface area contributed by atoms with Gasteiger partial charge < -0.3 is 5.32 Å². The quantitative estimate of drug-likeness (QED) is 0.640. The first-order chi connectivity index (χ1) is 9.99. The van der Waals surface area contributed by atoms with Gasteiger partial charge in [0.15, 0.2) is 0 Å². The Balaban J connectivity index is 2.04. The van der Waals surface area contributed by atoms with E-state index in [1.165, 1.54) is 32.1 Å². The summed E-state index contributed by atoms with van der Waals surface area (Å²) in [7, 11) is 0. The van der Waals surface area contributed by atoms with E-state index < -0.39 is 0 Å². The molecule has 1 N–H and O–H groups in total. The normalized spacial score (nSPS) is 19.2. The van der Waals surface area contributed by atoms with Crippen LogP contribution in [0.4, 0.5) is 5.69 Å². The van der Waals surface area contributed by atoms with Crippen LogP contribution in [-0.4, -0.2) is 11.0 Å². The molecular formula is C17H26N2O2. The van der Waals surface area contributed by atoms with Crippen molar-refractivity contribution in [1.29, 1.82) is 0 Å². The SMILES string of the molecule is Cc1ccc(C(C)NC(C)C2CCCCC2)cc1[N+](=O)[O-]. The molecule has 0 aromatic heterocycles. The summed E-state index contributed by atoms with van der Waals surface area (Å²) in [5.74, 6) is 0.738. The topological polar surface area (TPSA) is 55.2 Å². The fraction of sp³-hybridized carbons (Fsp3) is 0.647. The van der Waals surface area contributed by atoms with E-state index in [-0.39, 0.29) is 16.7 Å². The second-order valence-corrected chi connectivity index (χ2v) is 6.38. The van der Waals surface area contributed by atoms with Crippen molar-refractivity contribution in [2.75, 3.05) is 0 Å². The molecule has 4 heteroatoms. The van der Waals surface area contributed by atoms with E-state index in [4.69, 9.17) is 0 Å². The van der Waals surface area contributed by atoms with Gasteiger partial charge in [-0.1, -0.05) is 31.4 Å². The van der Waals surface area contributed by atoms with E-state index in [1.807, 2.05) is 12.1 Å². The van der Waals surface area contributed by atoms with Crippen LogP contribution in [0.5, 0.6) is 0 Å². The van der Waals surface area contributed by atoms with Gasteiger partial charge in [-0.05, 0) is 45.1 Å². The molecule has 1 saturated carbocycles. The maximum Gasteiger partial charge on any atom is 0.272 e. The molecule has 0 aliphatic heterocycles. The summed E-state index contributed by atoms with van der Waals surface area (Å²) < 4.78 is 0. The average Bonchev–Trinajstić information content (AvgIpc) is 2.48. The van der Waals surface area contributed by atoms with Crippen molar-refractivity contribution in [3.8, 4) is 0 Å². The van der Waals surface area contributed by atoms with Crippen molar-refractivity contribution in [3.63, 3.8) is 0 Å². The third-order valence-electron chi connectivity index (χ3n) is 4.80. The van der Waals surface area contributed by atoms with Crippen molar-refractivity contribution in [3.05, 3.63) is 39.4 Å². The fourth-order valence-corrected chi connectivity index (χ4v) is 3.35. The molecule has 2 unspecified atom stereocenters. The second-order valence-electron chi connectivity index (χ2n) is 6.38. The first-order valence-corrected chi connectivity index (χ1v) is 8.00. The van der Waals surface area contributed by atoms with Crippen LogP contribution in [-0.2, 0) is 0 Å². The van der Waals surface area contributed by atoms with E-state index in [2.05, 4.69) is 19.2 Å². The van der Waals surface area contributed by atoms with E-state index in [0.29, 0.717) is 6.04 Å². The zero-order chi connectivity index (χ0) is 15.4. The second kappa shape index (κ2) is 7.03. The van der Waals surface area contributed by atoms with Crippen molar-refractivity contribution in [2.24, 2.45) is 5.92 Å². The summed E-state index contributed by atoms with van der Waals surface area (Å²) >= 11 is 0. The molecule has 0 amide bonds. The minimum absolute atomic E-state index is 0.140. The zero-order valence-electron chi connectivity index (χ0n) is 13.3. The molecule has 1 aromatic carbocycles. The lowest BCUT2D eigenvalue weighted by atomic mass is 9.84. The molecular weight excluding hydrogens is 264 g/mol. The molecule has 1 fully saturated rings. The smallest absolute Gasteiger partial charge is 0.272 e. The zero-order valence-corrected chi connectivity index (χ0v) is 13.3. The van der Waals surface area contributed by atoms with Crippen molar-refractivity contribution >= 4 is 5.69 Å². The maximum absolute atomic E-state index is 11.1. The lowest BCUT2D eigenvalue weighted by Crippen LogP contribution is -2.36. The van der Waals surface area contributed by atoms with Crippen LogP contribution < -0.4 is 5.32 Å². The third kappa shape index (κ3) is 4.03. The molecule has 2 atom stereocenters. The Labute approximate surface area is 127 Å². The number of benzene rings is 1. The molecule has 4 nitrogen and oxygen atoms in total. The molecule has 1 aromatic rings. The number of rotatable bonds is 5. The van der Waals surface area contributed by atoms with Gasteiger partial charge >= 0.3 is 0 Å².